The van der Waals surface area contributed by atoms with Crippen molar-refractivity contribution in [3.05, 3.63) is 23.7 Å². The molecule has 1 saturated carbocycles. The Balaban J connectivity index is 1.78. The first-order valence-corrected chi connectivity index (χ1v) is 7.94. The molecule has 1 aliphatic carbocycles. The molecule has 0 amide bonds. The summed E-state index contributed by atoms with van der Waals surface area (Å²) in [6.07, 6.45) is 9.93. The van der Waals surface area contributed by atoms with E-state index in [4.69, 9.17) is 15.0 Å². The maximum atomic E-state index is 6.13. The molecule has 0 radical (unpaired) electrons. The fourth-order valence-electron chi connectivity index (χ4n) is 4.11. The van der Waals surface area contributed by atoms with Crippen molar-refractivity contribution in [3.8, 4) is 0 Å². The van der Waals surface area contributed by atoms with Crippen molar-refractivity contribution in [1.29, 1.82) is 0 Å². The Labute approximate surface area is 121 Å². The van der Waals surface area contributed by atoms with Crippen LogP contribution in [-0.4, -0.2) is 12.2 Å². The third-order valence-corrected chi connectivity index (χ3v) is 5.13. The molecule has 2 aliphatic rings. The van der Waals surface area contributed by atoms with Gasteiger partial charge in [0.25, 0.3) is 0 Å². The van der Waals surface area contributed by atoms with Crippen molar-refractivity contribution >= 4 is 0 Å². The molecule has 4 nitrogen and oxygen atoms in total. The lowest BCUT2D eigenvalue weighted by Gasteiger charge is -2.41. The van der Waals surface area contributed by atoms with E-state index in [1.807, 2.05) is 0 Å². The average Bonchev–Trinajstić information content (AvgIpc) is 3.10. The zero-order valence-corrected chi connectivity index (χ0v) is 12.4. The van der Waals surface area contributed by atoms with E-state index in [1.165, 1.54) is 31.2 Å². The molecular weight excluding hydrogens is 252 g/mol. The van der Waals surface area contributed by atoms with Crippen LogP contribution in [0.3, 0.4) is 0 Å². The fraction of sp³-hybridized carbons (Fsp3) is 0.750. The van der Waals surface area contributed by atoms with Gasteiger partial charge in [-0.15, -0.1) is 0 Å². The second-order valence-corrected chi connectivity index (χ2v) is 6.29. The largest absolute Gasteiger partial charge is 0.469 e. The van der Waals surface area contributed by atoms with E-state index >= 15 is 0 Å². The van der Waals surface area contributed by atoms with Crippen LogP contribution in [0.1, 0.15) is 62.8 Å². The number of nitrogens with two attached hydrogens (primary N) is 1. The highest BCUT2D eigenvalue weighted by Crippen LogP contribution is 2.45. The molecule has 20 heavy (non-hydrogen) atoms. The van der Waals surface area contributed by atoms with Gasteiger partial charge in [-0.1, -0.05) is 19.8 Å². The van der Waals surface area contributed by atoms with Gasteiger partial charge in [0.2, 0.25) is 0 Å². The quantitative estimate of drug-likeness (QED) is 0.656. The van der Waals surface area contributed by atoms with Crippen molar-refractivity contribution in [2.75, 3.05) is 6.61 Å². The molecule has 1 aromatic rings. The second-order valence-electron chi connectivity index (χ2n) is 6.29. The summed E-state index contributed by atoms with van der Waals surface area (Å²) < 4.78 is 11.7. The van der Waals surface area contributed by atoms with E-state index in [1.54, 1.807) is 6.26 Å². The van der Waals surface area contributed by atoms with Gasteiger partial charge >= 0.3 is 0 Å². The number of rotatable bonds is 4. The predicted octanol–water partition coefficient (Wildman–Crippen LogP) is 3.09. The maximum absolute atomic E-state index is 6.13. The summed E-state index contributed by atoms with van der Waals surface area (Å²) in [4.78, 5) is 0. The molecule has 4 heteroatoms. The molecule has 1 aliphatic heterocycles. The first kappa shape index (κ1) is 14.1. The Morgan fingerprint density at radius 2 is 2.25 bits per heavy atom. The van der Waals surface area contributed by atoms with Crippen LogP contribution in [0.15, 0.2) is 16.7 Å². The van der Waals surface area contributed by atoms with E-state index < -0.39 is 0 Å². The summed E-state index contributed by atoms with van der Waals surface area (Å²) in [5.41, 5.74) is 4.40. The van der Waals surface area contributed by atoms with Crippen LogP contribution in [0.2, 0.25) is 0 Å². The van der Waals surface area contributed by atoms with Gasteiger partial charge in [0.1, 0.15) is 5.76 Å². The van der Waals surface area contributed by atoms with Crippen molar-refractivity contribution in [2.45, 2.75) is 63.5 Å². The minimum atomic E-state index is 0.133. The van der Waals surface area contributed by atoms with Gasteiger partial charge in [-0.2, -0.15) is 0 Å². The van der Waals surface area contributed by atoms with Crippen LogP contribution < -0.4 is 11.3 Å². The van der Waals surface area contributed by atoms with E-state index in [0.717, 1.165) is 31.6 Å². The molecule has 2 atom stereocenters. The van der Waals surface area contributed by atoms with E-state index in [2.05, 4.69) is 18.4 Å². The third kappa shape index (κ3) is 2.52. The van der Waals surface area contributed by atoms with Crippen LogP contribution in [0.5, 0.6) is 0 Å². The monoisotopic (exact) mass is 278 g/mol. The molecule has 0 bridgehead atoms. The first-order valence-electron chi connectivity index (χ1n) is 7.94. The Kier molecular flexibility index (Phi) is 4.15. The maximum Gasteiger partial charge on any atom is 0.108 e. The van der Waals surface area contributed by atoms with Crippen molar-refractivity contribution in [2.24, 2.45) is 11.8 Å². The van der Waals surface area contributed by atoms with E-state index in [9.17, 15) is 0 Å². The van der Waals surface area contributed by atoms with Gasteiger partial charge in [0, 0.05) is 18.6 Å². The highest BCUT2D eigenvalue weighted by Gasteiger charge is 2.42. The van der Waals surface area contributed by atoms with Gasteiger partial charge in [0.05, 0.1) is 17.9 Å². The van der Waals surface area contributed by atoms with Crippen LogP contribution in [-0.2, 0) is 11.2 Å². The minimum absolute atomic E-state index is 0.133. The Morgan fingerprint density at radius 3 is 2.95 bits per heavy atom. The first-order chi connectivity index (χ1) is 9.78. The predicted molar refractivity (Wildman–Crippen MR) is 78.0 cm³/mol. The average molecular weight is 278 g/mol. The summed E-state index contributed by atoms with van der Waals surface area (Å²) in [7, 11) is 0. The topological polar surface area (TPSA) is 60.4 Å². The van der Waals surface area contributed by atoms with Gasteiger partial charge in [-0.3, -0.25) is 11.3 Å². The minimum Gasteiger partial charge on any atom is -0.469 e. The SMILES string of the molecule is CCc1occc1C(NN)C1CCOC2(CCCC2)C1. The highest BCUT2D eigenvalue weighted by molar-refractivity contribution is 5.22. The van der Waals surface area contributed by atoms with Crippen molar-refractivity contribution in [3.63, 3.8) is 0 Å². The number of hydrogen-bond donors (Lipinski definition) is 2. The molecule has 1 spiro atoms. The normalized spacial score (nSPS) is 27.0. The summed E-state index contributed by atoms with van der Waals surface area (Å²) in [6, 6.07) is 2.25. The number of nitrogens with one attached hydrogen (secondary N) is 1. The van der Waals surface area contributed by atoms with Crippen LogP contribution in [0, 0.1) is 5.92 Å². The van der Waals surface area contributed by atoms with Gasteiger partial charge < -0.3 is 9.15 Å². The summed E-state index contributed by atoms with van der Waals surface area (Å²) >= 11 is 0. The zero-order chi connectivity index (χ0) is 14.0. The number of aryl methyl sites for hydroxylation is 1. The molecule has 3 N–H and O–H groups in total. The Morgan fingerprint density at radius 1 is 1.45 bits per heavy atom. The Hall–Kier alpha value is -0.840. The van der Waals surface area contributed by atoms with Crippen molar-refractivity contribution < 1.29 is 9.15 Å². The molecule has 1 aromatic heterocycles. The lowest BCUT2D eigenvalue weighted by atomic mass is 9.78. The van der Waals surface area contributed by atoms with Crippen LogP contribution in [0.4, 0.5) is 0 Å². The van der Waals surface area contributed by atoms with E-state index in [-0.39, 0.29) is 11.6 Å². The fourth-order valence-corrected chi connectivity index (χ4v) is 4.11. The molecule has 2 unspecified atom stereocenters. The van der Waals surface area contributed by atoms with Crippen LogP contribution >= 0.6 is 0 Å². The molecule has 1 saturated heterocycles. The summed E-state index contributed by atoms with van der Waals surface area (Å²) in [5.74, 6) is 7.47. The van der Waals surface area contributed by atoms with Gasteiger partial charge in [-0.25, -0.2) is 0 Å². The summed E-state index contributed by atoms with van der Waals surface area (Å²) in [5, 5.41) is 0. The van der Waals surface area contributed by atoms with Gasteiger partial charge in [0.15, 0.2) is 0 Å². The van der Waals surface area contributed by atoms with Crippen LogP contribution in [0.25, 0.3) is 0 Å². The van der Waals surface area contributed by atoms with Gasteiger partial charge in [-0.05, 0) is 37.7 Å². The van der Waals surface area contributed by atoms with Crippen molar-refractivity contribution in [1.82, 2.24) is 5.43 Å². The second kappa shape index (κ2) is 5.88. The lowest BCUT2D eigenvalue weighted by molar-refractivity contribution is -0.0983. The third-order valence-electron chi connectivity index (χ3n) is 5.13. The summed E-state index contributed by atoms with van der Waals surface area (Å²) in [6.45, 7) is 2.99. The molecule has 112 valence electrons. The van der Waals surface area contributed by atoms with E-state index in [0.29, 0.717) is 5.92 Å². The number of furan rings is 1. The Bertz CT molecular complexity index is 437. The smallest absolute Gasteiger partial charge is 0.108 e. The zero-order valence-electron chi connectivity index (χ0n) is 12.4. The highest BCUT2D eigenvalue weighted by atomic mass is 16.5. The molecule has 2 heterocycles. The number of hydrazine groups is 1. The molecule has 0 aromatic carbocycles. The molecule has 3 rings (SSSR count). The number of hydrogen-bond acceptors (Lipinski definition) is 4. The standard InChI is InChI=1S/C16H26N2O2/c1-2-14-13(6-9-19-14)15(18-17)12-5-10-20-16(11-12)7-3-4-8-16/h6,9,12,15,18H,2-5,7-8,10-11,17H2,1H3. The number of ether oxygens (including phenoxy) is 1. The molecular formula is C16H26N2O2. The lowest BCUT2D eigenvalue weighted by Crippen LogP contribution is -2.43. The molecule has 2 fully saturated rings.